The molecule has 1 atom stereocenters. The van der Waals surface area contributed by atoms with E-state index in [1.807, 2.05) is 0 Å². The number of halogens is 4. The zero-order chi connectivity index (χ0) is 13.1. The highest BCUT2D eigenvalue weighted by molar-refractivity contribution is 5.83. The fourth-order valence-electron chi connectivity index (χ4n) is 1.28. The summed E-state index contributed by atoms with van der Waals surface area (Å²) >= 11 is 0. The van der Waals surface area contributed by atoms with Crippen LogP contribution in [0.4, 0.5) is 17.6 Å². The van der Waals surface area contributed by atoms with Crippen molar-refractivity contribution < 1.29 is 27.5 Å². The van der Waals surface area contributed by atoms with Crippen molar-refractivity contribution in [2.75, 3.05) is 0 Å². The van der Waals surface area contributed by atoms with Crippen molar-refractivity contribution >= 4 is 5.78 Å². The Balaban J connectivity index is 2.54. The van der Waals surface area contributed by atoms with Gasteiger partial charge in [0.15, 0.2) is 5.78 Å². The highest BCUT2D eigenvalue weighted by Gasteiger charge is 2.42. The number of carbonyl (C=O) groups is 1. The van der Waals surface area contributed by atoms with E-state index < -0.39 is 30.3 Å². The molecule has 0 aliphatic heterocycles. The van der Waals surface area contributed by atoms with E-state index in [1.54, 1.807) is 0 Å². The minimum atomic E-state index is -4.95. The van der Waals surface area contributed by atoms with Crippen LogP contribution in [-0.4, -0.2) is 23.2 Å². The predicted molar refractivity (Wildman–Crippen MR) is 51.8 cm³/mol. The van der Waals surface area contributed by atoms with E-state index in [1.165, 1.54) is 18.2 Å². The molecule has 0 amide bonds. The summed E-state index contributed by atoms with van der Waals surface area (Å²) in [6.45, 7) is 0. The second-order valence-electron chi connectivity index (χ2n) is 3.54. The predicted octanol–water partition coefficient (Wildman–Crippen LogP) is 2.25. The molecule has 0 bridgehead atoms. The second-order valence-corrected chi connectivity index (χ2v) is 3.54. The number of aliphatic hydroxyl groups is 1. The van der Waals surface area contributed by atoms with Crippen LogP contribution < -0.4 is 0 Å². The van der Waals surface area contributed by atoms with Gasteiger partial charge in [0.2, 0.25) is 6.10 Å². The van der Waals surface area contributed by atoms with Crippen LogP contribution in [0, 0.1) is 5.82 Å². The van der Waals surface area contributed by atoms with E-state index in [0.29, 0.717) is 5.56 Å². The van der Waals surface area contributed by atoms with E-state index in [4.69, 9.17) is 5.11 Å². The Morgan fingerprint density at radius 1 is 1.35 bits per heavy atom. The van der Waals surface area contributed by atoms with E-state index in [2.05, 4.69) is 0 Å². The van der Waals surface area contributed by atoms with Crippen molar-refractivity contribution in [1.29, 1.82) is 0 Å². The lowest BCUT2D eigenvalue weighted by atomic mass is 10.0. The quantitative estimate of drug-likeness (QED) is 0.832. The largest absolute Gasteiger partial charge is 0.421 e. The van der Waals surface area contributed by atoms with E-state index in [9.17, 15) is 22.4 Å². The average Bonchev–Trinajstić information content (AvgIpc) is 2.23. The lowest BCUT2D eigenvalue weighted by Crippen LogP contribution is -2.36. The summed E-state index contributed by atoms with van der Waals surface area (Å²) in [5, 5.41) is 8.64. The van der Waals surface area contributed by atoms with Crippen LogP contribution >= 0.6 is 0 Å². The normalized spacial score (nSPS) is 13.5. The number of hydrogen-bond acceptors (Lipinski definition) is 2. The molecule has 0 heterocycles. The van der Waals surface area contributed by atoms with Gasteiger partial charge in [0.05, 0.1) is 0 Å². The number of aliphatic hydroxyl groups excluding tert-OH is 1. The zero-order valence-corrected chi connectivity index (χ0v) is 8.67. The van der Waals surface area contributed by atoms with Crippen LogP contribution in [0.15, 0.2) is 24.3 Å². The number of aryl methyl sites for hydroxylation is 1. The molecular formula is C11H10F4O2. The highest BCUT2D eigenvalue weighted by atomic mass is 19.4. The van der Waals surface area contributed by atoms with Gasteiger partial charge in [0.1, 0.15) is 5.82 Å². The average molecular weight is 250 g/mol. The van der Waals surface area contributed by atoms with E-state index in [-0.39, 0.29) is 6.42 Å². The molecule has 0 radical (unpaired) electrons. The fraction of sp³-hybridized carbons (Fsp3) is 0.364. The first-order chi connectivity index (χ1) is 7.80. The van der Waals surface area contributed by atoms with Gasteiger partial charge in [-0.15, -0.1) is 0 Å². The van der Waals surface area contributed by atoms with Crippen molar-refractivity contribution in [2.45, 2.75) is 25.1 Å². The minimum Gasteiger partial charge on any atom is -0.377 e. The smallest absolute Gasteiger partial charge is 0.377 e. The second kappa shape index (κ2) is 5.27. The molecule has 2 nitrogen and oxygen atoms in total. The Labute approximate surface area is 94.9 Å². The zero-order valence-electron chi connectivity index (χ0n) is 8.67. The Hall–Kier alpha value is -1.43. The lowest BCUT2D eigenvalue weighted by molar-refractivity contribution is -0.203. The lowest BCUT2D eigenvalue weighted by Gasteiger charge is -2.12. The maximum atomic E-state index is 12.7. The summed E-state index contributed by atoms with van der Waals surface area (Å²) in [5.74, 6) is -1.84. The van der Waals surface area contributed by atoms with Crippen LogP contribution in [-0.2, 0) is 11.2 Å². The van der Waals surface area contributed by atoms with Crippen molar-refractivity contribution in [2.24, 2.45) is 0 Å². The fourth-order valence-corrected chi connectivity index (χ4v) is 1.28. The van der Waals surface area contributed by atoms with Crippen LogP contribution in [0.25, 0.3) is 0 Å². The molecule has 0 aliphatic carbocycles. The molecule has 0 fully saturated rings. The van der Waals surface area contributed by atoms with Gasteiger partial charge in [-0.2, -0.15) is 13.2 Å². The van der Waals surface area contributed by atoms with E-state index >= 15 is 0 Å². The van der Waals surface area contributed by atoms with Crippen molar-refractivity contribution in [3.63, 3.8) is 0 Å². The number of benzene rings is 1. The topological polar surface area (TPSA) is 37.3 Å². The molecule has 0 aromatic heterocycles. The summed E-state index contributed by atoms with van der Waals surface area (Å²) in [6.07, 6.45) is -8.43. The Morgan fingerprint density at radius 2 is 2.00 bits per heavy atom. The van der Waals surface area contributed by atoms with Gasteiger partial charge in [0, 0.05) is 6.42 Å². The third kappa shape index (κ3) is 4.14. The highest BCUT2D eigenvalue weighted by Crippen LogP contribution is 2.22. The molecular weight excluding hydrogens is 240 g/mol. The first kappa shape index (κ1) is 13.6. The Bertz CT molecular complexity index is 401. The summed E-state index contributed by atoms with van der Waals surface area (Å²) in [6, 6.07) is 5.22. The summed E-state index contributed by atoms with van der Waals surface area (Å²) in [5.41, 5.74) is 0.410. The summed E-state index contributed by atoms with van der Waals surface area (Å²) in [7, 11) is 0. The van der Waals surface area contributed by atoms with Gasteiger partial charge in [-0.25, -0.2) is 4.39 Å². The Morgan fingerprint density at radius 3 is 2.53 bits per heavy atom. The molecule has 17 heavy (non-hydrogen) atoms. The molecule has 1 aromatic carbocycles. The molecule has 1 unspecified atom stereocenters. The number of ketones is 1. The summed E-state index contributed by atoms with van der Waals surface area (Å²) < 4.78 is 48.6. The molecule has 0 saturated heterocycles. The van der Waals surface area contributed by atoms with Gasteiger partial charge in [-0.05, 0) is 24.1 Å². The van der Waals surface area contributed by atoms with E-state index in [0.717, 1.165) is 6.07 Å². The maximum Gasteiger partial charge on any atom is 0.421 e. The molecule has 1 aromatic rings. The van der Waals surface area contributed by atoms with Gasteiger partial charge in [0.25, 0.3) is 0 Å². The minimum absolute atomic E-state index is 0.0380. The molecule has 6 heteroatoms. The number of alkyl halides is 3. The van der Waals surface area contributed by atoms with Crippen LogP contribution in [0.2, 0.25) is 0 Å². The molecule has 0 spiro atoms. The van der Waals surface area contributed by atoms with Gasteiger partial charge < -0.3 is 5.11 Å². The third-order valence-corrected chi connectivity index (χ3v) is 2.16. The van der Waals surface area contributed by atoms with Crippen molar-refractivity contribution in [3.05, 3.63) is 35.6 Å². The molecule has 1 N–H and O–H groups in total. The van der Waals surface area contributed by atoms with Crippen LogP contribution in [0.5, 0.6) is 0 Å². The SMILES string of the molecule is O=C(CCc1cccc(F)c1)C(O)C(F)(F)F. The number of hydrogen-bond donors (Lipinski definition) is 1. The summed E-state index contributed by atoms with van der Waals surface area (Å²) in [4.78, 5) is 11.0. The third-order valence-electron chi connectivity index (χ3n) is 2.16. The number of carbonyl (C=O) groups excluding carboxylic acids is 1. The number of rotatable bonds is 4. The van der Waals surface area contributed by atoms with Gasteiger partial charge in [-0.1, -0.05) is 12.1 Å². The first-order valence-electron chi connectivity index (χ1n) is 4.82. The van der Waals surface area contributed by atoms with Gasteiger partial charge in [-0.3, -0.25) is 4.79 Å². The van der Waals surface area contributed by atoms with Crippen molar-refractivity contribution in [3.8, 4) is 0 Å². The first-order valence-corrected chi connectivity index (χ1v) is 4.82. The van der Waals surface area contributed by atoms with Crippen LogP contribution in [0.1, 0.15) is 12.0 Å². The maximum absolute atomic E-state index is 12.7. The van der Waals surface area contributed by atoms with Crippen molar-refractivity contribution in [1.82, 2.24) is 0 Å². The molecule has 1 rings (SSSR count). The van der Waals surface area contributed by atoms with Crippen LogP contribution in [0.3, 0.4) is 0 Å². The number of Topliss-reactive ketones (excluding diaryl/α,β-unsaturated/α-hetero) is 1. The molecule has 0 aliphatic rings. The standard InChI is InChI=1S/C11H10F4O2/c12-8-3-1-2-7(6-8)4-5-9(16)10(17)11(13,14)15/h1-3,6,10,17H,4-5H2. The Kier molecular flexibility index (Phi) is 4.22. The van der Waals surface area contributed by atoms with Gasteiger partial charge >= 0.3 is 6.18 Å². The molecule has 0 saturated carbocycles. The monoisotopic (exact) mass is 250 g/mol. The molecule has 94 valence electrons.